The van der Waals surface area contributed by atoms with Gasteiger partial charge in [0, 0.05) is 22.5 Å². The quantitative estimate of drug-likeness (QED) is 0.0371. The molecule has 4 heterocycles. The van der Waals surface area contributed by atoms with Crippen molar-refractivity contribution < 1.29 is 133 Å². The lowest BCUT2D eigenvalue weighted by molar-refractivity contribution is -0.401. The van der Waals surface area contributed by atoms with E-state index in [9.17, 15) is 85.9 Å². The van der Waals surface area contributed by atoms with E-state index < -0.39 is 224 Å². The number of carboxylic acid groups (broad SMARTS) is 1. The molecule has 27 heteroatoms. The van der Waals surface area contributed by atoms with Gasteiger partial charge in [0.2, 0.25) is 0 Å². The molecule has 27 nitrogen and oxygen atoms in total. The molecular formula is C62H96O27. The summed E-state index contributed by atoms with van der Waals surface area (Å²) in [6.45, 7) is 17.6. The largest absolute Gasteiger partial charge is 0.479 e. The Bertz CT molecular complexity index is 2660. The number of aliphatic carboxylic acids is 1. The summed E-state index contributed by atoms with van der Waals surface area (Å²) >= 11 is 0. The second-order valence-corrected chi connectivity index (χ2v) is 28.7. The van der Waals surface area contributed by atoms with Crippen LogP contribution in [-0.2, 0) is 61.8 Å². The van der Waals surface area contributed by atoms with Crippen LogP contribution in [-0.4, -0.2) is 257 Å². The summed E-state index contributed by atoms with van der Waals surface area (Å²) in [5.74, 6) is -4.31. The Hall–Kier alpha value is -3.21. The van der Waals surface area contributed by atoms with Gasteiger partial charge in [0.1, 0.15) is 85.5 Å². The molecule has 9 rings (SSSR count). The van der Waals surface area contributed by atoms with Crippen molar-refractivity contribution in [1.82, 2.24) is 0 Å². The SMILES string of the molecule is CC=C(C)C(=O)O[C@H]1[C@H](OC(=O)C=C(C)C)C(C)(C)C[C@H]2C3=CC[C@@H]4[C@@]5(C)CC[C@H](O[C@@H]6O[C@H](C(=O)O)[C@@H](O[C@@H]7O[C@@H](CO)[C@H](O)[C@H]7O)[C@H](O[C@@H]7OC[C@H](O)[C@H](O)[C@H]7O)[C@H]6O[C@@H]6O[C@H](CO)[C@@H](O)[C@H](O)[C@H]6O)C(C)(C)[C@@H]5CC[C@@]4(C)[C@]3(C)[C@@H](O)[C@@H](O)[C@]21CO. The maximum atomic E-state index is 13.9. The summed E-state index contributed by atoms with van der Waals surface area (Å²) < 4.78 is 61.8. The Morgan fingerprint density at radius 3 is 1.81 bits per heavy atom. The molecule has 9 aliphatic rings. The topological polar surface area (TPSA) is 427 Å². The molecule has 4 saturated heterocycles. The Labute approximate surface area is 517 Å². The van der Waals surface area contributed by atoms with E-state index in [-0.39, 0.29) is 30.3 Å². The minimum absolute atomic E-state index is 0.209. The molecular weight excluding hydrogens is 1180 g/mol. The van der Waals surface area contributed by atoms with E-state index in [2.05, 4.69) is 19.9 Å². The fraction of sp³-hybridized carbons (Fsp3) is 0.855. The summed E-state index contributed by atoms with van der Waals surface area (Å²) in [5, 5.41) is 157. The van der Waals surface area contributed by atoms with Gasteiger partial charge >= 0.3 is 17.9 Å². The summed E-state index contributed by atoms with van der Waals surface area (Å²) in [6.07, 6.45) is -33.5. The van der Waals surface area contributed by atoms with Crippen LogP contribution in [0, 0.1) is 50.2 Å². The van der Waals surface area contributed by atoms with Crippen LogP contribution in [0.4, 0.5) is 0 Å². The predicted molar refractivity (Wildman–Crippen MR) is 303 cm³/mol. The first-order valence-electron chi connectivity index (χ1n) is 31.0. The van der Waals surface area contributed by atoms with E-state index >= 15 is 0 Å². The van der Waals surface area contributed by atoms with Gasteiger partial charge in [0.05, 0.1) is 50.2 Å². The average molecular weight is 1270 g/mol. The first-order chi connectivity index (χ1) is 41.6. The van der Waals surface area contributed by atoms with Gasteiger partial charge in [0.25, 0.3) is 0 Å². The smallest absolute Gasteiger partial charge is 0.335 e. The number of aliphatic hydroxyl groups is 13. The fourth-order valence-electron chi connectivity index (χ4n) is 17.5. The molecule has 4 saturated carbocycles. The minimum atomic E-state index is -2.19. The van der Waals surface area contributed by atoms with Gasteiger partial charge in [0.15, 0.2) is 37.4 Å². The Morgan fingerprint density at radius 2 is 1.22 bits per heavy atom. The van der Waals surface area contributed by atoms with Crippen LogP contribution in [0.15, 0.2) is 34.9 Å². The van der Waals surface area contributed by atoms with Crippen molar-refractivity contribution in [2.75, 3.05) is 26.4 Å². The zero-order chi connectivity index (χ0) is 65.7. The third kappa shape index (κ3) is 11.6. The Morgan fingerprint density at radius 1 is 0.640 bits per heavy atom. The monoisotopic (exact) mass is 1270 g/mol. The molecule has 0 aromatic carbocycles. The van der Waals surface area contributed by atoms with Crippen molar-refractivity contribution in [2.24, 2.45) is 50.2 Å². The normalized spacial score (nSPS) is 49.4. The standard InChI is InChI=1S/C62H96O27/c1-12-26(4)52(79)89-50-49(84-35(67)19-25(2)3)57(5,6)20-28-27-13-14-33-59(9)17-16-34(58(7,8)32(59)15-18-60(33,10)61(27,11)47(75)48(76)62(28,50)24-65)83-56-46(88-55-42(74)39(71)37(69)30(21-63)81-55)44(85-53-40(72)36(68)29(66)23-80-53)43(45(87-56)51(77)78)86-54-41(73)38(70)31(22-64)82-54/h12-13,19,28-34,36-50,53-56,63-66,68-76H,14-18,20-24H2,1-11H3,(H,77,78)/t28-,29-,30+,31-,32-,33+,34-,36-,37+,38-,39-,40+,41+,42+,43-,44-,45-,46+,47-,48+,49-,50-,53-,54-,55-,56+,59-,60+,61-,62-/m0/s1. The van der Waals surface area contributed by atoms with E-state index in [4.69, 9.17) is 47.4 Å². The Kier molecular flexibility index (Phi) is 20.4. The molecule has 30 atom stereocenters. The van der Waals surface area contributed by atoms with Crippen molar-refractivity contribution in [3.8, 4) is 0 Å². The van der Waals surface area contributed by atoms with Crippen molar-refractivity contribution in [3.05, 3.63) is 34.9 Å². The van der Waals surface area contributed by atoms with Gasteiger partial charge in [-0.15, -0.1) is 0 Å². The molecule has 4 aliphatic heterocycles. The molecule has 0 aromatic heterocycles. The highest BCUT2D eigenvalue weighted by Crippen LogP contribution is 2.76. The van der Waals surface area contributed by atoms with E-state index in [0.717, 1.165) is 5.57 Å². The first kappa shape index (κ1) is 70.1. The second kappa shape index (κ2) is 25.8. The number of carboxylic acids is 1. The van der Waals surface area contributed by atoms with E-state index in [1.165, 1.54) is 6.08 Å². The van der Waals surface area contributed by atoms with Crippen molar-refractivity contribution in [3.63, 3.8) is 0 Å². The molecule has 0 spiro atoms. The van der Waals surface area contributed by atoms with Gasteiger partial charge in [-0.05, 0) is 100 Å². The number of aliphatic hydroxyl groups excluding tert-OH is 13. The highest BCUT2D eigenvalue weighted by Gasteiger charge is 2.76. The summed E-state index contributed by atoms with van der Waals surface area (Å²) in [4.78, 5) is 41.1. The maximum absolute atomic E-state index is 13.9. The van der Waals surface area contributed by atoms with Gasteiger partial charge in [-0.1, -0.05) is 71.8 Å². The van der Waals surface area contributed by atoms with E-state index in [1.54, 1.807) is 33.8 Å². The van der Waals surface area contributed by atoms with Crippen LogP contribution in [0.2, 0.25) is 0 Å². The Balaban J connectivity index is 1.08. The number of allylic oxidation sites excluding steroid dienone is 3. The fourth-order valence-corrected chi connectivity index (χ4v) is 17.5. The molecule has 0 bridgehead atoms. The number of hydrogen-bond donors (Lipinski definition) is 14. The number of hydrogen-bond acceptors (Lipinski definition) is 26. The van der Waals surface area contributed by atoms with Crippen molar-refractivity contribution in [2.45, 2.75) is 256 Å². The number of esters is 2. The maximum Gasteiger partial charge on any atom is 0.335 e. The zero-order valence-electron chi connectivity index (χ0n) is 52.4. The van der Waals surface area contributed by atoms with Crippen LogP contribution in [0.5, 0.6) is 0 Å². The highest BCUT2D eigenvalue weighted by molar-refractivity contribution is 5.88. The lowest BCUT2D eigenvalue weighted by atomic mass is 9.32. The van der Waals surface area contributed by atoms with E-state index in [1.807, 2.05) is 34.6 Å². The third-order valence-corrected chi connectivity index (χ3v) is 22.7. The van der Waals surface area contributed by atoms with Crippen LogP contribution >= 0.6 is 0 Å². The molecule has 0 aromatic rings. The molecule has 5 aliphatic carbocycles. The minimum Gasteiger partial charge on any atom is -0.479 e. The number of rotatable bonds is 16. The average Bonchev–Trinajstić information content (AvgIpc) is 0.835. The molecule has 14 N–H and O–H groups in total. The summed E-state index contributed by atoms with van der Waals surface area (Å²) in [5.41, 5.74) is -4.43. The lowest BCUT2D eigenvalue weighted by Crippen LogP contribution is -2.76. The van der Waals surface area contributed by atoms with Gasteiger partial charge in [-0.25, -0.2) is 14.4 Å². The molecule has 8 fully saturated rings. The number of carbonyl (C=O) groups excluding carboxylic acids is 2. The van der Waals surface area contributed by atoms with Crippen LogP contribution < -0.4 is 0 Å². The number of carbonyl (C=O) groups is 3. The van der Waals surface area contributed by atoms with Crippen LogP contribution in [0.1, 0.15) is 115 Å². The summed E-state index contributed by atoms with van der Waals surface area (Å²) in [7, 11) is 0. The predicted octanol–water partition coefficient (Wildman–Crippen LogP) is -1.27. The van der Waals surface area contributed by atoms with Gasteiger partial charge < -0.3 is 119 Å². The second-order valence-electron chi connectivity index (χ2n) is 28.7. The zero-order valence-corrected chi connectivity index (χ0v) is 52.4. The highest BCUT2D eigenvalue weighted by atomic mass is 16.8. The lowest BCUT2D eigenvalue weighted by Gasteiger charge is -2.73. The van der Waals surface area contributed by atoms with Crippen LogP contribution in [0.3, 0.4) is 0 Å². The van der Waals surface area contributed by atoms with Crippen LogP contribution in [0.25, 0.3) is 0 Å². The molecule has 506 valence electrons. The molecule has 0 amide bonds. The number of fused-ring (bicyclic) bond motifs is 7. The third-order valence-electron chi connectivity index (χ3n) is 22.7. The number of ether oxygens (including phenoxy) is 10. The molecule has 89 heavy (non-hydrogen) atoms. The van der Waals surface area contributed by atoms with Gasteiger partial charge in [-0.2, -0.15) is 0 Å². The van der Waals surface area contributed by atoms with Gasteiger partial charge in [-0.3, -0.25) is 0 Å². The van der Waals surface area contributed by atoms with Crippen molar-refractivity contribution in [1.29, 1.82) is 0 Å². The summed E-state index contributed by atoms with van der Waals surface area (Å²) in [6, 6.07) is 0. The van der Waals surface area contributed by atoms with Crippen molar-refractivity contribution >= 4 is 17.9 Å². The first-order valence-corrected chi connectivity index (χ1v) is 31.0. The molecule has 0 unspecified atom stereocenters. The van der Waals surface area contributed by atoms with E-state index in [0.29, 0.717) is 31.3 Å². The molecule has 0 radical (unpaired) electrons.